The van der Waals surface area contributed by atoms with Crippen LogP contribution in [-0.2, 0) is 10.0 Å². The molecule has 7 heteroatoms. The summed E-state index contributed by atoms with van der Waals surface area (Å²) in [6, 6.07) is 3.17. The van der Waals surface area contributed by atoms with Crippen LogP contribution < -0.4 is 5.73 Å². The van der Waals surface area contributed by atoms with Gasteiger partial charge in [-0.05, 0) is 19.2 Å². The summed E-state index contributed by atoms with van der Waals surface area (Å²) in [7, 11) is -1.57. The first-order chi connectivity index (χ1) is 8.01. The normalized spacial score (nSPS) is 19.4. The fourth-order valence-electron chi connectivity index (χ4n) is 1.77. The maximum absolute atomic E-state index is 12.3. The van der Waals surface area contributed by atoms with Gasteiger partial charge in [0.1, 0.15) is 0 Å². The first-order valence-corrected chi connectivity index (χ1v) is 6.85. The van der Waals surface area contributed by atoms with Crippen molar-refractivity contribution in [2.75, 3.05) is 39.0 Å². The summed E-state index contributed by atoms with van der Waals surface area (Å²) in [6.07, 6.45) is 1.44. The van der Waals surface area contributed by atoms with Crippen LogP contribution in [0.15, 0.2) is 23.4 Å². The van der Waals surface area contributed by atoms with Crippen LogP contribution in [0.1, 0.15) is 0 Å². The van der Waals surface area contributed by atoms with E-state index in [2.05, 4.69) is 9.88 Å². The van der Waals surface area contributed by atoms with Crippen molar-refractivity contribution in [1.82, 2.24) is 14.2 Å². The van der Waals surface area contributed by atoms with Gasteiger partial charge in [0.25, 0.3) is 10.0 Å². The molecule has 1 saturated heterocycles. The molecule has 1 fully saturated rings. The standard InChI is InChI=1S/C10H16N4O2S/c1-13-5-7-14(8-6-13)17(15,16)10-9(11)3-2-4-12-10/h2-4H,5-8,11H2,1H3. The van der Waals surface area contributed by atoms with Crippen molar-refractivity contribution in [1.29, 1.82) is 0 Å². The second-order valence-electron chi connectivity index (χ2n) is 4.11. The highest BCUT2D eigenvalue weighted by atomic mass is 32.2. The van der Waals surface area contributed by atoms with Gasteiger partial charge < -0.3 is 10.6 Å². The molecule has 17 heavy (non-hydrogen) atoms. The minimum absolute atomic E-state index is 0.0375. The van der Waals surface area contributed by atoms with Gasteiger partial charge in [0.15, 0.2) is 5.03 Å². The van der Waals surface area contributed by atoms with Crippen LogP contribution in [0.2, 0.25) is 0 Å². The number of nitrogens with two attached hydrogens (primary N) is 1. The number of nitrogens with zero attached hydrogens (tertiary/aromatic N) is 3. The first kappa shape index (κ1) is 12.3. The zero-order valence-corrected chi connectivity index (χ0v) is 10.5. The molecule has 1 aliphatic rings. The van der Waals surface area contributed by atoms with E-state index in [1.54, 1.807) is 12.1 Å². The lowest BCUT2D eigenvalue weighted by atomic mass is 10.4. The van der Waals surface area contributed by atoms with Gasteiger partial charge in [-0.25, -0.2) is 13.4 Å². The van der Waals surface area contributed by atoms with Gasteiger partial charge in [0.2, 0.25) is 0 Å². The molecular formula is C10H16N4O2S. The number of rotatable bonds is 2. The molecule has 2 rings (SSSR count). The largest absolute Gasteiger partial charge is 0.396 e. The molecule has 6 nitrogen and oxygen atoms in total. The Morgan fingerprint density at radius 1 is 1.29 bits per heavy atom. The second-order valence-corrected chi connectivity index (χ2v) is 5.96. The Kier molecular flexibility index (Phi) is 3.32. The Morgan fingerprint density at radius 2 is 1.94 bits per heavy atom. The van der Waals surface area contributed by atoms with E-state index in [-0.39, 0.29) is 10.7 Å². The van der Waals surface area contributed by atoms with E-state index in [1.165, 1.54) is 10.5 Å². The topological polar surface area (TPSA) is 79.5 Å². The summed E-state index contributed by atoms with van der Waals surface area (Å²) in [5.41, 5.74) is 5.86. The molecule has 0 spiro atoms. The average molecular weight is 256 g/mol. The lowest BCUT2D eigenvalue weighted by Crippen LogP contribution is -2.47. The van der Waals surface area contributed by atoms with Crippen molar-refractivity contribution < 1.29 is 8.42 Å². The lowest BCUT2D eigenvalue weighted by molar-refractivity contribution is 0.222. The van der Waals surface area contributed by atoms with Gasteiger partial charge in [-0.1, -0.05) is 0 Å². The molecule has 0 bridgehead atoms. The summed E-state index contributed by atoms with van der Waals surface area (Å²) in [6.45, 7) is 2.42. The van der Waals surface area contributed by atoms with Crippen molar-refractivity contribution in [3.63, 3.8) is 0 Å². The van der Waals surface area contributed by atoms with Gasteiger partial charge in [-0.15, -0.1) is 0 Å². The third kappa shape index (κ3) is 2.41. The number of likely N-dealkylation sites (N-methyl/N-ethyl adjacent to an activating group) is 1. The van der Waals surface area contributed by atoms with E-state index >= 15 is 0 Å². The number of aromatic nitrogens is 1. The van der Waals surface area contributed by atoms with E-state index in [1.807, 2.05) is 7.05 Å². The number of anilines is 1. The number of pyridine rings is 1. The smallest absolute Gasteiger partial charge is 0.262 e. The quantitative estimate of drug-likeness (QED) is 0.779. The molecule has 0 unspecified atom stereocenters. The molecule has 0 aromatic carbocycles. The Bertz CT molecular complexity index is 495. The molecule has 1 aliphatic heterocycles. The first-order valence-electron chi connectivity index (χ1n) is 5.41. The summed E-state index contributed by atoms with van der Waals surface area (Å²) in [4.78, 5) is 5.97. The second kappa shape index (κ2) is 4.59. The number of piperazine rings is 1. The number of sulfonamides is 1. The van der Waals surface area contributed by atoms with Crippen LogP contribution in [0.3, 0.4) is 0 Å². The molecule has 2 N–H and O–H groups in total. The minimum Gasteiger partial charge on any atom is -0.396 e. The van der Waals surface area contributed by atoms with E-state index < -0.39 is 10.0 Å². The number of nitrogen functional groups attached to an aromatic ring is 1. The Balaban J connectivity index is 2.28. The fourth-order valence-corrected chi connectivity index (χ4v) is 3.22. The highest BCUT2D eigenvalue weighted by Crippen LogP contribution is 2.20. The SMILES string of the molecule is CN1CCN(S(=O)(=O)c2ncccc2N)CC1. The van der Waals surface area contributed by atoms with Crippen LogP contribution in [0.5, 0.6) is 0 Å². The number of hydrogen-bond acceptors (Lipinski definition) is 5. The summed E-state index contributed by atoms with van der Waals surface area (Å²) >= 11 is 0. The van der Waals surface area contributed by atoms with E-state index in [4.69, 9.17) is 5.73 Å². The molecule has 0 saturated carbocycles. The molecule has 0 atom stereocenters. The summed E-state index contributed by atoms with van der Waals surface area (Å²) in [5, 5.41) is -0.0375. The lowest BCUT2D eigenvalue weighted by Gasteiger charge is -2.31. The van der Waals surface area contributed by atoms with Crippen LogP contribution in [-0.4, -0.2) is 55.8 Å². The fraction of sp³-hybridized carbons (Fsp3) is 0.500. The van der Waals surface area contributed by atoms with Crippen LogP contribution in [0, 0.1) is 0 Å². The van der Waals surface area contributed by atoms with Crippen LogP contribution in [0.25, 0.3) is 0 Å². The van der Waals surface area contributed by atoms with Crippen molar-refractivity contribution in [3.05, 3.63) is 18.3 Å². The third-order valence-corrected chi connectivity index (χ3v) is 4.72. The van der Waals surface area contributed by atoms with Crippen molar-refractivity contribution in [2.45, 2.75) is 5.03 Å². The Labute approximate surface area is 101 Å². The highest BCUT2D eigenvalue weighted by Gasteiger charge is 2.29. The van der Waals surface area contributed by atoms with E-state index in [0.29, 0.717) is 13.1 Å². The Morgan fingerprint density at radius 3 is 2.53 bits per heavy atom. The van der Waals surface area contributed by atoms with Gasteiger partial charge in [-0.3, -0.25) is 0 Å². The van der Waals surface area contributed by atoms with Crippen molar-refractivity contribution in [3.8, 4) is 0 Å². The Hall–Kier alpha value is -1.18. The minimum atomic E-state index is -3.55. The molecule has 2 heterocycles. The summed E-state index contributed by atoms with van der Waals surface area (Å²) < 4.78 is 26.0. The molecular weight excluding hydrogens is 240 g/mol. The van der Waals surface area contributed by atoms with Gasteiger partial charge in [-0.2, -0.15) is 4.31 Å². The maximum atomic E-state index is 12.3. The zero-order valence-electron chi connectivity index (χ0n) is 9.70. The molecule has 1 aromatic heterocycles. The van der Waals surface area contributed by atoms with E-state index in [9.17, 15) is 8.42 Å². The molecule has 0 aliphatic carbocycles. The summed E-state index contributed by atoms with van der Waals surface area (Å²) in [5.74, 6) is 0. The zero-order chi connectivity index (χ0) is 12.5. The average Bonchev–Trinajstić information content (AvgIpc) is 2.30. The van der Waals surface area contributed by atoms with Gasteiger partial charge in [0.05, 0.1) is 5.69 Å². The van der Waals surface area contributed by atoms with Gasteiger partial charge >= 0.3 is 0 Å². The molecule has 0 amide bonds. The predicted octanol–water partition coefficient (Wildman–Crippen LogP) is -0.400. The molecule has 94 valence electrons. The number of hydrogen-bond donors (Lipinski definition) is 1. The third-order valence-electron chi connectivity index (χ3n) is 2.85. The monoisotopic (exact) mass is 256 g/mol. The van der Waals surface area contributed by atoms with Crippen LogP contribution in [0.4, 0.5) is 5.69 Å². The highest BCUT2D eigenvalue weighted by molar-refractivity contribution is 7.89. The maximum Gasteiger partial charge on any atom is 0.262 e. The van der Waals surface area contributed by atoms with Crippen molar-refractivity contribution >= 4 is 15.7 Å². The van der Waals surface area contributed by atoms with Crippen LogP contribution >= 0.6 is 0 Å². The molecule has 1 aromatic rings. The molecule has 0 radical (unpaired) electrons. The predicted molar refractivity (Wildman–Crippen MR) is 64.9 cm³/mol. The van der Waals surface area contributed by atoms with E-state index in [0.717, 1.165) is 13.1 Å². The van der Waals surface area contributed by atoms with Crippen molar-refractivity contribution in [2.24, 2.45) is 0 Å². The van der Waals surface area contributed by atoms with Gasteiger partial charge in [0, 0.05) is 32.4 Å².